The molecule has 144 valence electrons. The van der Waals surface area contributed by atoms with Crippen LogP contribution in [0.4, 0.5) is 0 Å². The maximum Gasteiger partial charge on any atom is 0.231 e. The lowest BCUT2D eigenvalue weighted by molar-refractivity contribution is 0.112. The number of H-pyrrole nitrogens is 1. The van der Waals surface area contributed by atoms with Crippen molar-refractivity contribution in [3.05, 3.63) is 30.0 Å². The van der Waals surface area contributed by atoms with Gasteiger partial charge in [-0.1, -0.05) is 0 Å². The molecule has 2 fully saturated rings. The van der Waals surface area contributed by atoms with Gasteiger partial charge < -0.3 is 9.47 Å². The Morgan fingerprint density at radius 3 is 2.74 bits per heavy atom. The summed E-state index contributed by atoms with van der Waals surface area (Å²) in [6.45, 7) is 6.12. The largest absolute Gasteiger partial charge is 0.454 e. The van der Waals surface area contributed by atoms with Crippen LogP contribution in [-0.2, 0) is 6.54 Å². The van der Waals surface area contributed by atoms with Crippen molar-refractivity contribution in [3.8, 4) is 22.8 Å². The minimum Gasteiger partial charge on any atom is -0.454 e. The van der Waals surface area contributed by atoms with E-state index >= 15 is 0 Å². The van der Waals surface area contributed by atoms with Crippen molar-refractivity contribution in [2.45, 2.75) is 25.4 Å². The summed E-state index contributed by atoms with van der Waals surface area (Å²) in [6.07, 6.45) is 4.53. The van der Waals surface area contributed by atoms with Crippen molar-refractivity contribution >= 4 is 11.8 Å². The van der Waals surface area contributed by atoms with E-state index in [0.717, 1.165) is 35.3 Å². The standard InChI is InChI=1S/C20H26N4O2S/c1-2-18-19(26-14-25-18)11-15(1)20-16(12-21-22-20)13-23-5-3-17(4-6-23)24-7-9-27-10-8-24/h1-2,11-12,17H,3-10,13-14H2,(H,21,22). The molecule has 0 bridgehead atoms. The van der Waals surface area contributed by atoms with Gasteiger partial charge in [0.15, 0.2) is 11.5 Å². The highest BCUT2D eigenvalue weighted by Crippen LogP contribution is 2.36. The van der Waals surface area contributed by atoms with Crippen LogP contribution in [0.15, 0.2) is 24.4 Å². The lowest BCUT2D eigenvalue weighted by Gasteiger charge is -2.40. The Bertz CT molecular complexity index is 782. The molecule has 5 rings (SSSR count). The molecule has 1 N–H and O–H groups in total. The maximum absolute atomic E-state index is 5.52. The van der Waals surface area contributed by atoms with Gasteiger partial charge in [-0.3, -0.25) is 14.9 Å². The summed E-state index contributed by atoms with van der Waals surface area (Å²) < 4.78 is 10.9. The Balaban J connectivity index is 1.23. The number of ether oxygens (including phenoxy) is 2. The fourth-order valence-corrected chi connectivity index (χ4v) is 5.29. The average Bonchev–Trinajstić information content (AvgIpc) is 3.38. The zero-order valence-electron chi connectivity index (χ0n) is 15.5. The number of hydrogen-bond donors (Lipinski definition) is 1. The van der Waals surface area contributed by atoms with Gasteiger partial charge in [-0.25, -0.2) is 0 Å². The molecule has 7 heteroatoms. The fraction of sp³-hybridized carbons (Fsp3) is 0.550. The van der Waals surface area contributed by atoms with Crippen LogP contribution in [-0.4, -0.2) is 70.5 Å². The lowest BCUT2D eigenvalue weighted by Crippen LogP contribution is -2.47. The van der Waals surface area contributed by atoms with Crippen LogP contribution in [0.25, 0.3) is 11.3 Å². The van der Waals surface area contributed by atoms with Crippen molar-refractivity contribution in [1.82, 2.24) is 20.0 Å². The van der Waals surface area contributed by atoms with E-state index in [2.05, 4.69) is 37.8 Å². The van der Waals surface area contributed by atoms with Crippen molar-refractivity contribution in [2.24, 2.45) is 0 Å². The third-order valence-corrected chi connectivity index (χ3v) is 6.83. The SMILES string of the molecule is c1cc2c(cc1-c1[nH]ncc1CN1CCC(N3CCSCC3)CC1)OCO2. The zero-order valence-corrected chi connectivity index (χ0v) is 16.3. The van der Waals surface area contributed by atoms with Gasteiger partial charge in [-0.2, -0.15) is 16.9 Å². The van der Waals surface area contributed by atoms with E-state index in [9.17, 15) is 0 Å². The molecule has 2 aromatic rings. The van der Waals surface area contributed by atoms with Crippen molar-refractivity contribution in [1.29, 1.82) is 0 Å². The first kappa shape index (κ1) is 17.4. The molecule has 0 saturated carbocycles. The summed E-state index contributed by atoms with van der Waals surface area (Å²) in [4.78, 5) is 5.28. The molecule has 1 aromatic heterocycles. The predicted molar refractivity (Wildman–Crippen MR) is 107 cm³/mol. The molecule has 27 heavy (non-hydrogen) atoms. The summed E-state index contributed by atoms with van der Waals surface area (Å²) in [7, 11) is 0. The molecule has 0 atom stereocenters. The van der Waals surface area contributed by atoms with Crippen LogP contribution in [0, 0.1) is 0 Å². The number of fused-ring (bicyclic) bond motifs is 1. The normalized spacial score (nSPS) is 21.6. The van der Waals surface area contributed by atoms with Gasteiger partial charge in [-0.05, 0) is 44.1 Å². The second kappa shape index (κ2) is 7.73. The van der Waals surface area contributed by atoms with Gasteiger partial charge in [0.05, 0.1) is 11.9 Å². The molecule has 0 spiro atoms. The Morgan fingerprint density at radius 1 is 1.07 bits per heavy atom. The monoisotopic (exact) mass is 386 g/mol. The Kier molecular flexibility index (Phi) is 4.98. The van der Waals surface area contributed by atoms with E-state index in [-0.39, 0.29) is 0 Å². The number of thioether (sulfide) groups is 1. The van der Waals surface area contributed by atoms with Gasteiger partial charge in [0.25, 0.3) is 0 Å². The number of nitrogens with zero attached hydrogens (tertiary/aromatic N) is 3. The topological polar surface area (TPSA) is 53.6 Å². The van der Waals surface area contributed by atoms with Crippen LogP contribution >= 0.6 is 11.8 Å². The first-order valence-corrected chi connectivity index (χ1v) is 11.0. The molecule has 6 nitrogen and oxygen atoms in total. The summed E-state index contributed by atoms with van der Waals surface area (Å²) in [6, 6.07) is 6.87. The highest BCUT2D eigenvalue weighted by atomic mass is 32.2. The second-order valence-corrected chi connectivity index (χ2v) is 8.72. The number of benzene rings is 1. The maximum atomic E-state index is 5.52. The van der Waals surface area contributed by atoms with Crippen LogP contribution in [0.5, 0.6) is 11.5 Å². The van der Waals surface area contributed by atoms with Crippen LogP contribution < -0.4 is 9.47 Å². The molecule has 0 amide bonds. The first-order valence-electron chi connectivity index (χ1n) is 9.83. The van der Waals surface area contributed by atoms with Crippen molar-refractivity contribution in [2.75, 3.05) is 44.5 Å². The fourth-order valence-electron chi connectivity index (χ4n) is 4.36. The molecule has 4 heterocycles. The van der Waals surface area contributed by atoms with Crippen molar-refractivity contribution in [3.63, 3.8) is 0 Å². The summed E-state index contributed by atoms with van der Waals surface area (Å²) in [5.41, 5.74) is 3.44. The molecular weight excluding hydrogens is 360 g/mol. The summed E-state index contributed by atoms with van der Waals surface area (Å²) in [5.74, 6) is 4.23. The zero-order chi connectivity index (χ0) is 18.1. The van der Waals surface area contributed by atoms with E-state index in [1.807, 2.05) is 18.3 Å². The van der Waals surface area contributed by atoms with Gasteiger partial charge in [0.1, 0.15) is 0 Å². The van der Waals surface area contributed by atoms with Gasteiger partial charge in [-0.15, -0.1) is 0 Å². The number of piperidine rings is 1. The molecule has 3 aliphatic rings. The quantitative estimate of drug-likeness (QED) is 0.872. The number of aromatic nitrogens is 2. The van der Waals surface area contributed by atoms with Crippen molar-refractivity contribution < 1.29 is 9.47 Å². The Hall–Kier alpha value is -1.70. The van der Waals surface area contributed by atoms with E-state index in [4.69, 9.17) is 9.47 Å². The predicted octanol–water partition coefficient (Wildman–Crippen LogP) is 2.82. The van der Waals surface area contributed by atoms with E-state index in [1.54, 1.807) is 0 Å². The number of hydrogen-bond acceptors (Lipinski definition) is 6. The number of aromatic amines is 1. The highest BCUT2D eigenvalue weighted by molar-refractivity contribution is 7.99. The Labute approximate surface area is 164 Å². The Morgan fingerprint density at radius 2 is 1.89 bits per heavy atom. The molecule has 0 unspecified atom stereocenters. The molecule has 3 aliphatic heterocycles. The second-order valence-electron chi connectivity index (χ2n) is 7.49. The number of nitrogens with one attached hydrogen (secondary N) is 1. The van der Waals surface area contributed by atoms with Crippen LogP contribution in [0.1, 0.15) is 18.4 Å². The molecule has 2 saturated heterocycles. The highest BCUT2D eigenvalue weighted by Gasteiger charge is 2.26. The third-order valence-electron chi connectivity index (χ3n) is 5.89. The van der Waals surface area contributed by atoms with Crippen LogP contribution in [0.3, 0.4) is 0 Å². The average molecular weight is 387 g/mol. The minimum atomic E-state index is 0.305. The molecule has 0 aliphatic carbocycles. The lowest BCUT2D eigenvalue weighted by atomic mass is 10.0. The molecule has 0 radical (unpaired) electrons. The van der Waals surface area contributed by atoms with Gasteiger partial charge in [0, 0.05) is 48.3 Å². The van der Waals surface area contributed by atoms with Gasteiger partial charge >= 0.3 is 0 Å². The smallest absolute Gasteiger partial charge is 0.231 e. The van der Waals surface area contributed by atoms with Gasteiger partial charge in [0.2, 0.25) is 6.79 Å². The minimum absolute atomic E-state index is 0.305. The van der Waals surface area contributed by atoms with E-state index in [1.165, 1.54) is 56.1 Å². The third kappa shape index (κ3) is 3.68. The van der Waals surface area contributed by atoms with E-state index < -0.39 is 0 Å². The molecular formula is C20H26N4O2S. The first-order chi connectivity index (χ1) is 13.4. The molecule has 1 aromatic carbocycles. The van der Waals surface area contributed by atoms with E-state index in [0.29, 0.717) is 6.79 Å². The summed E-state index contributed by atoms with van der Waals surface area (Å²) >= 11 is 2.09. The summed E-state index contributed by atoms with van der Waals surface area (Å²) in [5, 5.41) is 7.49. The number of rotatable bonds is 4. The van der Waals surface area contributed by atoms with Crippen LogP contribution in [0.2, 0.25) is 0 Å². The number of likely N-dealkylation sites (tertiary alicyclic amines) is 1.